The molecule has 1 saturated heterocycles. The fraction of sp³-hybridized carbons (Fsp3) is 0.857. The molecule has 2 rings (SSSR count). The second-order valence-electron chi connectivity index (χ2n) is 6.38. The minimum atomic E-state index is -0.0498. The van der Waals surface area contributed by atoms with Gasteiger partial charge in [-0.05, 0) is 25.9 Å². The number of rotatable bonds is 5. The molecule has 1 unspecified atom stereocenters. The maximum Gasteiger partial charge on any atom is 0.240 e. The minimum Gasteiger partial charge on any atom is -0.338 e. The van der Waals surface area contributed by atoms with Crippen LogP contribution >= 0.6 is 0 Å². The largest absolute Gasteiger partial charge is 0.338 e. The Bertz CT molecular complexity index is 390. The van der Waals surface area contributed by atoms with Gasteiger partial charge in [-0.2, -0.15) is 4.98 Å². The van der Waals surface area contributed by atoms with Crippen molar-refractivity contribution in [2.24, 2.45) is 0 Å². The van der Waals surface area contributed by atoms with E-state index in [1.807, 2.05) is 0 Å². The first-order chi connectivity index (χ1) is 8.99. The molecule has 2 heterocycles. The Kier molecular flexibility index (Phi) is 4.58. The molecule has 1 N–H and O–H groups in total. The van der Waals surface area contributed by atoms with E-state index in [2.05, 4.69) is 48.1 Å². The first kappa shape index (κ1) is 14.5. The number of nitrogens with one attached hydrogen (secondary N) is 1. The smallest absolute Gasteiger partial charge is 0.240 e. The van der Waals surface area contributed by atoms with Crippen LogP contribution in [-0.2, 0) is 12.0 Å². The molecule has 5 heteroatoms. The molecule has 0 aliphatic carbocycles. The highest BCUT2D eigenvalue weighted by molar-refractivity contribution is 5.00. The topological polar surface area (TPSA) is 54.2 Å². The predicted molar refractivity (Wildman–Crippen MR) is 75.0 cm³/mol. The van der Waals surface area contributed by atoms with Crippen molar-refractivity contribution in [3.63, 3.8) is 0 Å². The van der Waals surface area contributed by atoms with Crippen LogP contribution in [0.2, 0.25) is 0 Å². The van der Waals surface area contributed by atoms with E-state index in [1.165, 1.54) is 12.8 Å². The van der Waals surface area contributed by atoms with Crippen molar-refractivity contribution in [1.29, 1.82) is 0 Å². The van der Waals surface area contributed by atoms with Gasteiger partial charge in [-0.3, -0.25) is 4.90 Å². The van der Waals surface area contributed by atoms with Gasteiger partial charge in [-0.1, -0.05) is 32.9 Å². The van der Waals surface area contributed by atoms with Crippen LogP contribution in [0.5, 0.6) is 0 Å². The average molecular weight is 266 g/mol. The van der Waals surface area contributed by atoms with Gasteiger partial charge in [-0.15, -0.1) is 0 Å². The minimum absolute atomic E-state index is 0.0498. The molecule has 1 aromatic rings. The van der Waals surface area contributed by atoms with Crippen molar-refractivity contribution < 1.29 is 4.52 Å². The number of hydrogen-bond acceptors (Lipinski definition) is 5. The summed E-state index contributed by atoms with van der Waals surface area (Å²) < 4.78 is 5.36. The first-order valence-corrected chi connectivity index (χ1v) is 7.28. The van der Waals surface area contributed by atoms with Crippen LogP contribution in [0, 0.1) is 0 Å². The summed E-state index contributed by atoms with van der Waals surface area (Å²) in [6.07, 6.45) is 2.56. The van der Waals surface area contributed by atoms with E-state index in [4.69, 9.17) is 4.52 Å². The normalized spacial score (nSPS) is 20.4. The van der Waals surface area contributed by atoms with Crippen molar-refractivity contribution in [2.75, 3.05) is 19.6 Å². The van der Waals surface area contributed by atoms with Crippen LogP contribution < -0.4 is 5.32 Å². The molecule has 0 aromatic carbocycles. The summed E-state index contributed by atoms with van der Waals surface area (Å²) in [5.41, 5.74) is -0.0498. The molecule has 1 aromatic heterocycles. The SMILES string of the molecule is CCN(Cc1nc(C(C)(C)C)no1)CC1CCCN1. The molecule has 1 fully saturated rings. The highest BCUT2D eigenvalue weighted by atomic mass is 16.5. The Morgan fingerprint density at radius 1 is 1.42 bits per heavy atom. The molecule has 5 nitrogen and oxygen atoms in total. The van der Waals surface area contributed by atoms with Gasteiger partial charge in [-0.25, -0.2) is 0 Å². The van der Waals surface area contributed by atoms with Crippen molar-refractivity contribution >= 4 is 0 Å². The highest BCUT2D eigenvalue weighted by Crippen LogP contribution is 2.19. The molecule has 0 bridgehead atoms. The van der Waals surface area contributed by atoms with E-state index < -0.39 is 0 Å². The zero-order chi connectivity index (χ0) is 13.9. The van der Waals surface area contributed by atoms with E-state index in [-0.39, 0.29) is 5.41 Å². The summed E-state index contributed by atoms with van der Waals surface area (Å²) in [5, 5.41) is 7.61. The van der Waals surface area contributed by atoms with E-state index in [0.717, 1.165) is 37.9 Å². The van der Waals surface area contributed by atoms with Crippen LogP contribution in [-0.4, -0.2) is 40.7 Å². The summed E-state index contributed by atoms with van der Waals surface area (Å²) in [6.45, 7) is 12.4. The third kappa shape index (κ3) is 4.01. The van der Waals surface area contributed by atoms with Gasteiger partial charge in [0.25, 0.3) is 0 Å². The van der Waals surface area contributed by atoms with E-state index in [9.17, 15) is 0 Å². The molecular formula is C14H26N4O. The van der Waals surface area contributed by atoms with E-state index in [0.29, 0.717) is 6.04 Å². The van der Waals surface area contributed by atoms with Crippen LogP contribution in [0.1, 0.15) is 52.3 Å². The lowest BCUT2D eigenvalue weighted by Crippen LogP contribution is -2.37. The van der Waals surface area contributed by atoms with Gasteiger partial charge >= 0.3 is 0 Å². The second-order valence-corrected chi connectivity index (χ2v) is 6.38. The predicted octanol–water partition coefficient (Wildman–Crippen LogP) is 1.94. The van der Waals surface area contributed by atoms with Crippen molar-refractivity contribution in [1.82, 2.24) is 20.4 Å². The third-order valence-corrected chi connectivity index (χ3v) is 3.59. The maximum absolute atomic E-state index is 5.36. The molecule has 0 spiro atoms. The quantitative estimate of drug-likeness (QED) is 0.882. The van der Waals surface area contributed by atoms with E-state index >= 15 is 0 Å². The molecule has 19 heavy (non-hydrogen) atoms. The summed E-state index contributed by atoms with van der Waals surface area (Å²) in [7, 11) is 0. The fourth-order valence-corrected chi connectivity index (χ4v) is 2.34. The molecule has 0 amide bonds. The number of hydrogen-bond donors (Lipinski definition) is 1. The Hall–Kier alpha value is -0.940. The lowest BCUT2D eigenvalue weighted by molar-refractivity contribution is 0.218. The average Bonchev–Trinajstić information content (AvgIpc) is 2.98. The van der Waals surface area contributed by atoms with Crippen LogP contribution in [0.15, 0.2) is 4.52 Å². The summed E-state index contributed by atoms with van der Waals surface area (Å²) >= 11 is 0. The van der Waals surface area contributed by atoms with Crippen LogP contribution in [0.25, 0.3) is 0 Å². The Morgan fingerprint density at radius 3 is 2.74 bits per heavy atom. The number of nitrogens with zero attached hydrogens (tertiary/aromatic N) is 3. The molecule has 1 atom stereocenters. The third-order valence-electron chi connectivity index (χ3n) is 3.59. The zero-order valence-electron chi connectivity index (χ0n) is 12.6. The van der Waals surface area contributed by atoms with Crippen molar-refractivity contribution in [3.8, 4) is 0 Å². The Balaban J connectivity index is 1.92. The summed E-state index contributed by atoms with van der Waals surface area (Å²) in [4.78, 5) is 6.87. The monoisotopic (exact) mass is 266 g/mol. The van der Waals surface area contributed by atoms with Crippen molar-refractivity contribution in [2.45, 2.75) is 58.5 Å². The number of likely N-dealkylation sites (N-methyl/N-ethyl adjacent to an activating group) is 1. The molecular weight excluding hydrogens is 240 g/mol. The van der Waals surface area contributed by atoms with Crippen LogP contribution in [0.3, 0.4) is 0 Å². The standard InChI is InChI=1S/C14H26N4O/c1-5-18(9-11-7-6-8-15-11)10-12-16-13(17-19-12)14(2,3)4/h11,15H,5-10H2,1-4H3. The summed E-state index contributed by atoms with van der Waals surface area (Å²) in [5.74, 6) is 1.52. The van der Waals surface area contributed by atoms with Gasteiger partial charge < -0.3 is 9.84 Å². The van der Waals surface area contributed by atoms with Crippen molar-refractivity contribution in [3.05, 3.63) is 11.7 Å². The molecule has 1 aliphatic heterocycles. The first-order valence-electron chi connectivity index (χ1n) is 7.28. The van der Waals surface area contributed by atoms with Gasteiger partial charge in [0.2, 0.25) is 5.89 Å². The van der Waals surface area contributed by atoms with E-state index in [1.54, 1.807) is 0 Å². The summed E-state index contributed by atoms with van der Waals surface area (Å²) in [6, 6.07) is 0.616. The fourth-order valence-electron chi connectivity index (χ4n) is 2.34. The van der Waals surface area contributed by atoms with Gasteiger partial charge in [0.15, 0.2) is 5.82 Å². The lowest BCUT2D eigenvalue weighted by Gasteiger charge is -2.22. The molecule has 108 valence electrons. The molecule has 0 saturated carbocycles. The maximum atomic E-state index is 5.36. The van der Waals surface area contributed by atoms with Gasteiger partial charge in [0.1, 0.15) is 0 Å². The Labute approximate surface area is 115 Å². The zero-order valence-corrected chi connectivity index (χ0v) is 12.6. The van der Waals surface area contributed by atoms with Gasteiger partial charge in [0.05, 0.1) is 6.54 Å². The number of aromatic nitrogens is 2. The molecule has 1 aliphatic rings. The van der Waals surface area contributed by atoms with Gasteiger partial charge in [0, 0.05) is 18.0 Å². The van der Waals surface area contributed by atoms with Crippen LogP contribution in [0.4, 0.5) is 0 Å². The Morgan fingerprint density at radius 2 is 2.21 bits per heavy atom. The molecule has 0 radical (unpaired) electrons. The second kappa shape index (κ2) is 6.01. The highest BCUT2D eigenvalue weighted by Gasteiger charge is 2.23. The lowest BCUT2D eigenvalue weighted by atomic mass is 9.96.